The van der Waals surface area contributed by atoms with Crippen molar-refractivity contribution in [3.8, 4) is 0 Å². The minimum atomic E-state index is 0.557. The summed E-state index contributed by atoms with van der Waals surface area (Å²) in [5, 5.41) is 3.57. The van der Waals surface area contributed by atoms with E-state index in [2.05, 4.69) is 26.1 Å². The SMILES string of the molecule is CCCOCCNC1CCC(C)(C)C1. The van der Waals surface area contributed by atoms with Crippen LogP contribution >= 0.6 is 0 Å². The van der Waals surface area contributed by atoms with Crippen molar-refractivity contribution in [2.45, 2.75) is 52.5 Å². The Bertz CT molecular complexity index is 156. The molecule has 0 bridgehead atoms. The molecule has 0 aromatic rings. The van der Waals surface area contributed by atoms with Crippen molar-refractivity contribution in [3.63, 3.8) is 0 Å². The van der Waals surface area contributed by atoms with Crippen LogP contribution in [0.2, 0.25) is 0 Å². The molecule has 0 radical (unpaired) electrons. The molecule has 1 rings (SSSR count). The molecule has 1 N–H and O–H groups in total. The van der Waals surface area contributed by atoms with Crippen LogP contribution in [0.1, 0.15) is 46.5 Å². The van der Waals surface area contributed by atoms with E-state index in [9.17, 15) is 0 Å². The van der Waals surface area contributed by atoms with E-state index in [1.807, 2.05) is 0 Å². The van der Waals surface area contributed by atoms with Crippen molar-refractivity contribution in [1.82, 2.24) is 5.32 Å². The summed E-state index contributed by atoms with van der Waals surface area (Å²) in [5.74, 6) is 0. The molecule has 0 heterocycles. The Morgan fingerprint density at radius 3 is 2.71 bits per heavy atom. The fourth-order valence-corrected chi connectivity index (χ4v) is 2.19. The Kier molecular flexibility index (Phi) is 4.90. The molecule has 1 aliphatic carbocycles. The van der Waals surface area contributed by atoms with E-state index in [0.717, 1.165) is 32.2 Å². The third kappa shape index (κ3) is 4.43. The molecule has 0 spiro atoms. The fraction of sp³-hybridized carbons (Fsp3) is 1.00. The Morgan fingerprint density at radius 2 is 2.14 bits per heavy atom. The summed E-state index contributed by atoms with van der Waals surface area (Å²) in [6, 6.07) is 0.732. The average Bonchev–Trinajstić information content (AvgIpc) is 2.45. The van der Waals surface area contributed by atoms with Gasteiger partial charge in [0.25, 0.3) is 0 Å². The zero-order chi connectivity index (χ0) is 10.4. The van der Waals surface area contributed by atoms with Crippen LogP contribution in [0.4, 0.5) is 0 Å². The molecule has 2 nitrogen and oxygen atoms in total. The highest BCUT2D eigenvalue weighted by Crippen LogP contribution is 2.36. The van der Waals surface area contributed by atoms with Crippen LogP contribution in [0.25, 0.3) is 0 Å². The lowest BCUT2D eigenvalue weighted by atomic mass is 9.92. The van der Waals surface area contributed by atoms with Gasteiger partial charge in [-0.15, -0.1) is 0 Å². The second kappa shape index (κ2) is 5.72. The molecule has 0 saturated heterocycles. The fourth-order valence-electron chi connectivity index (χ4n) is 2.19. The second-order valence-corrected chi connectivity index (χ2v) is 5.17. The Hall–Kier alpha value is -0.0800. The minimum Gasteiger partial charge on any atom is -0.380 e. The predicted molar refractivity (Wildman–Crippen MR) is 60.5 cm³/mol. The van der Waals surface area contributed by atoms with Gasteiger partial charge in [0.2, 0.25) is 0 Å². The minimum absolute atomic E-state index is 0.557. The molecule has 1 atom stereocenters. The summed E-state index contributed by atoms with van der Waals surface area (Å²) < 4.78 is 5.43. The van der Waals surface area contributed by atoms with Crippen molar-refractivity contribution in [1.29, 1.82) is 0 Å². The van der Waals surface area contributed by atoms with E-state index < -0.39 is 0 Å². The molecular formula is C12H25NO. The maximum Gasteiger partial charge on any atom is 0.0590 e. The molecule has 0 amide bonds. The van der Waals surface area contributed by atoms with Crippen molar-refractivity contribution < 1.29 is 4.74 Å². The molecule has 1 fully saturated rings. The molecule has 1 unspecified atom stereocenters. The van der Waals surface area contributed by atoms with E-state index in [1.54, 1.807) is 0 Å². The van der Waals surface area contributed by atoms with E-state index in [1.165, 1.54) is 19.3 Å². The van der Waals surface area contributed by atoms with E-state index >= 15 is 0 Å². The van der Waals surface area contributed by atoms with Crippen molar-refractivity contribution in [3.05, 3.63) is 0 Å². The molecule has 84 valence electrons. The molecule has 2 heteroatoms. The third-order valence-corrected chi connectivity index (χ3v) is 3.00. The molecule has 1 saturated carbocycles. The summed E-state index contributed by atoms with van der Waals surface area (Å²) >= 11 is 0. The zero-order valence-corrected chi connectivity index (χ0v) is 9.94. The van der Waals surface area contributed by atoms with Crippen LogP contribution in [0.5, 0.6) is 0 Å². The smallest absolute Gasteiger partial charge is 0.0590 e. The number of nitrogens with one attached hydrogen (secondary N) is 1. The van der Waals surface area contributed by atoms with Gasteiger partial charge < -0.3 is 10.1 Å². The summed E-state index contributed by atoms with van der Waals surface area (Å²) in [7, 11) is 0. The normalized spacial score (nSPS) is 25.5. The van der Waals surface area contributed by atoms with Gasteiger partial charge in [-0.1, -0.05) is 20.8 Å². The van der Waals surface area contributed by atoms with Crippen LogP contribution in [0.15, 0.2) is 0 Å². The first-order valence-electron chi connectivity index (χ1n) is 5.95. The van der Waals surface area contributed by atoms with Gasteiger partial charge in [0.15, 0.2) is 0 Å². The topological polar surface area (TPSA) is 21.3 Å². The predicted octanol–water partition coefficient (Wildman–Crippen LogP) is 2.58. The molecule has 0 aromatic carbocycles. The Labute approximate surface area is 88.4 Å². The first-order valence-corrected chi connectivity index (χ1v) is 5.95. The van der Waals surface area contributed by atoms with Gasteiger partial charge in [0.05, 0.1) is 6.61 Å². The van der Waals surface area contributed by atoms with Gasteiger partial charge >= 0.3 is 0 Å². The lowest BCUT2D eigenvalue weighted by molar-refractivity contribution is 0.134. The second-order valence-electron chi connectivity index (χ2n) is 5.17. The molecular weight excluding hydrogens is 174 g/mol. The summed E-state index contributed by atoms with van der Waals surface area (Å²) in [6.07, 6.45) is 5.14. The first kappa shape index (κ1) is 12.0. The summed E-state index contributed by atoms with van der Waals surface area (Å²) in [4.78, 5) is 0. The van der Waals surface area contributed by atoms with Crippen LogP contribution in [0.3, 0.4) is 0 Å². The highest BCUT2D eigenvalue weighted by Gasteiger charge is 2.30. The van der Waals surface area contributed by atoms with Crippen LogP contribution in [-0.2, 0) is 4.74 Å². The van der Waals surface area contributed by atoms with E-state index in [4.69, 9.17) is 4.74 Å². The van der Waals surface area contributed by atoms with Gasteiger partial charge in [-0.3, -0.25) is 0 Å². The Balaban J connectivity index is 1.98. The van der Waals surface area contributed by atoms with E-state index in [-0.39, 0.29) is 0 Å². The zero-order valence-electron chi connectivity index (χ0n) is 9.94. The quantitative estimate of drug-likeness (QED) is 0.664. The van der Waals surface area contributed by atoms with Gasteiger partial charge in [0.1, 0.15) is 0 Å². The number of ether oxygens (including phenoxy) is 1. The lowest BCUT2D eigenvalue weighted by Crippen LogP contribution is -2.30. The largest absolute Gasteiger partial charge is 0.380 e. The van der Waals surface area contributed by atoms with Gasteiger partial charge in [-0.2, -0.15) is 0 Å². The van der Waals surface area contributed by atoms with Gasteiger partial charge in [-0.25, -0.2) is 0 Å². The highest BCUT2D eigenvalue weighted by molar-refractivity contribution is 4.86. The first-order chi connectivity index (χ1) is 6.64. The maximum atomic E-state index is 5.43. The number of rotatable bonds is 6. The standard InChI is InChI=1S/C12H25NO/c1-4-8-14-9-7-13-11-5-6-12(2,3)10-11/h11,13H,4-10H2,1-3H3. The summed E-state index contributed by atoms with van der Waals surface area (Å²) in [6.45, 7) is 9.65. The molecule has 14 heavy (non-hydrogen) atoms. The average molecular weight is 199 g/mol. The van der Waals surface area contributed by atoms with Crippen molar-refractivity contribution in [2.75, 3.05) is 19.8 Å². The van der Waals surface area contributed by atoms with Crippen LogP contribution in [0, 0.1) is 5.41 Å². The lowest BCUT2D eigenvalue weighted by Gasteiger charge is -2.17. The van der Waals surface area contributed by atoms with E-state index in [0.29, 0.717) is 5.41 Å². The van der Waals surface area contributed by atoms with Crippen molar-refractivity contribution in [2.24, 2.45) is 5.41 Å². The highest BCUT2D eigenvalue weighted by atomic mass is 16.5. The maximum absolute atomic E-state index is 5.43. The summed E-state index contributed by atoms with van der Waals surface area (Å²) in [5.41, 5.74) is 0.557. The molecule has 0 aromatic heterocycles. The van der Waals surface area contributed by atoms with Crippen LogP contribution in [-0.4, -0.2) is 25.8 Å². The Morgan fingerprint density at radius 1 is 1.36 bits per heavy atom. The van der Waals surface area contributed by atoms with Gasteiger partial charge in [-0.05, 0) is 31.1 Å². The van der Waals surface area contributed by atoms with Crippen molar-refractivity contribution >= 4 is 0 Å². The third-order valence-electron chi connectivity index (χ3n) is 3.00. The van der Waals surface area contributed by atoms with Gasteiger partial charge in [0, 0.05) is 19.2 Å². The number of hydrogen-bond acceptors (Lipinski definition) is 2. The van der Waals surface area contributed by atoms with Crippen LogP contribution < -0.4 is 5.32 Å². The monoisotopic (exact) mass is 199 g/mol. The number of hydrogen-bond donors (Lipinski definition) is 1. The molecule has 1 aliphatic rings. The molecule has 0 aliphatic heterocycles.